The molecular formula is C38H20N4S. The molecule has 0 amide bonds. The summed E-state index contributed by atoms with van der Waals surface area (Å²) in [5.41, 5.74) is 7.73. The highest BCUT2D eigenvalue weighted by Gasteiger charge is 2.18. The molecule has 0 N–H and O–H groups in total. The van der Waals surface area contributed by atoms with Crippen LogP contribution in [0.3, 0.4) is 0 Å². The molecule has 4 nitrogen and oxygen atoms in total. The summed E-state index contributed by atoms with van der Waals surface area (Å²) in [5.74, 6) is 0. The zero-order valence-corrected chi connectivity index (χ0v) is 23.6. The van der Waals surface area contributed by atoms with Gasteiger partial charge in [0.15, 0.2) is 0 Å². The van der Waals surface area contributed by atoms with Crippen LogP contribution in [-0.2, 0) is 0 Å². The topological polar surface area (TPSA) is 57.4 Å². The van der Waals surface area contributed by atoms with E-state index in [9.17, 15) is 10.5 Å². The van der Waals surface area contributed by atoms with Crippen molar-refractivity contribution in [2.45, 2.75) is 0 Å². The highest BCUT2D eigenvalue weighted by atomic mass is 32.1. The second kappa shape index (κ2) is 8.81. The van der Waals surface area contributed by atoms with Crippen LogP contribution in [-0.4, -0.2) is 9.13 Å². The Morgan fingerprint density at radius 2 is 1.05 bits per heavy atom. The zero-order valence-electron chi connectivity index (χ0n) is 22.7. The molecule has 0 aliphatic rings. The lowest BCUT2D eigenvalue weighted by Crippen LogP contribution is -1.97. The Bertz CT molecular complexity index is 2710. The summed E-state index contributed by atoms with van der Waals surface area (Å²) in [6, 6.07) is 46.8. The Morgan fingerprint density at radius 3 is 1.84 bits per heavy atom. The first kappa shape index (κ1) is 23.8. The molecule has 43 heavy (non-hydrogen) atoms. The molecule has 0 radical (unpaired) electrons. The normalized spacial score (nSPS) is 11.7. The van der Waals surface area contributed by atoms with E-state index in [0.29, 0.717) is 11.1 Å². The summed E-state index contributed by atoms with van der Waals surface area (Å²) in [4.78, 5) is 0. The lowest BCUT2D eigenvalue weighted by atomic mass is 10.1. The largest absolute Gasteiger partial charge is 0.309 e. The summed E-state index contributed by atoms with van der Waals surface area (Å²) >= 11 is 1.67. The highest BCUT2D eigenvalue weighted by Crippen LogP contribution is 2.40. The van der Waals surface area contributed by atoms with Gasteiger partial charge in [-0.1, -0.05) is 60.7 Å². The van der Waals surface area contributed by atoms with E-state index in [2.05, 4.69) is 118 Å². The number of nitrogens with zero attached hydrogens (tertiary/aromatic N) is 4. The van der Waals surface area contributed by atoms with Gasteiger partial charge in [0, 0.05) is 48.4 Å². The van der Waals surface area contributed by atoms with Crippen molar-refractivity contribution in [3.8, 4) is 23.5 Å². The van der Waals surface area contributed by atoms with E-state index in [-0.39, 0.29) is 0 Å². The molecule has 3 aromatic heterocycles. The molecule has 9 rings (SSSR count). The number of hydrogen-bond donors (Lipinski definition) is 0. The molecule has 3 heterocycles. The average Bonchev–Trinajstić information content (AvgIpc) is 3.72. The molecule has 0 saturated carbocycles. The van der Waals surface area contributed by atoms with Gasteiger partial charge in [0.25, 0.3) is 0 Å². The Morgan fingerprint density at radius 1 is 0.465 bits per heavy atom. The van der Waals surface area contributed by atoms with E-state index >= 15 is 0 Å². The minimum atomic E-state index is 0.659. The molecule has 0 spiro atoms. The number of aromatic nitrogens is 2. The summed E-state index contributed by atoms with van der Waals surface area (Å²) in [5, 5.41) is 26.5. The van der Waals surface area contributed by atoms with Crippen LogP contribution in [0.4, 0.5) is 0 Å². The SMILES string of the molecule is N#Cc1cccc2c1sc1ccc(-n3c4ccccc4c4cc(-n5c6ccccc6c6cccc(C#N)c65)ccc43)cc12. The Labute approximate surface area is 250 Å². The molecule has 0 unspecified atom stereocenters. The number of thiophene rings is 1. The third-order valence-electron chi connectivity index (χ3n) is 8.59. The lowest BCUT2D eigenvalue weighted by molar-refractivity contribution is 1.17. The standard InChI is InChI=1S/C38H20N4S/c39-21-23-7-5-11-29-27-9-1-4-14-34(27)42(37(23)29)26-15-17-35-31(19-26)28-10-2-3-13-33(28)41(35)25-16-18-36-32(20-25)30-12-6-8-24(22-40)38(30)43-36/h1-20H. The van der Waals surface area contributed by atoms with E-state index in [1.165, 1.54) is 10.1 Å². The predicted octanol–water partition coefficient (Wildman–Crippen LogP) is 9.99. The number of rotatable bonds is 2. The van der Waals surface area contributed by atoms with Crippen LogP contribution in [0.1, 0.15) is 11.1 Å². The third-order valence-corrected chi connectivity index (χ3v) is 9.81. The van der Waals surface area contributed by atoms with Gasteiger partial charge in [-0.05, 0) is 60.7 Å². The smallest absolute Gasteiger partial charge is 0.101 e. The molecule has 0 saturated heterocycles. The van der Waals surface area contributed by atoms with Crippen molar-refractivity contribution in [1.82, 2.24) is 9.13 Å². The van der Waals surface area contributed by atoms with Crippen LogP contribution in [0.15, 0.2) is 121 Å². The summed E-state index contributed by atoms with van der Waals surface area (Å²) in [6.45, 7) is 0. The number of fused-ring (bicyclic) bond motifs is 9. The van der Waals surface area contributed by atoms with Crippen molar-refractivity contribution in [2.24, 2.45) is 0 Å². The number of nitriles is 2. The van der Waals surface area contributed by atoms with Crippen molar-refractivity contribution in [1.29, 1.82) is 10.5 Å². The van der Waals surface area contributed by atoms with Crippen molar-refractivity contribution in [3.63, 3.8) is 0 Å². The van der Waals surface area contributed by atoms with Gasteiger partial charge in [-0.2, -0.15) is 10.5 Å². The fraction of sp³-hybridized carbons (Fsp3) is 0. The van der Waals surface area contributed by atoms with Crippen molar-refractivity contribution >= 4 is 75.1 Å². The van der Waals surface area contributed by atoms with Gasteiger partial charge < -0.3 is 9.13 Å². The van der Waals surface area contributed by atoms with E-state index in [4.69, 9.17) is 0 Å². The Balaban J connectivity index is 1.34. The molecule has 5 heteroatoms. The summed E-state index contributed by atoms with van der Waals surface area (Å²) in [7, 11) is 0. The maximum atomic E-state index is 10.0. The van der Waals surface area contributed by atoms with Gasteiger partial charge in [-0.3, -0.25) is 0 Å². The molecule has 198 valence electrons. The van der Waals surface area contributed by atoms with Crippen LogP contribution < -0.4 is 0 Å². The number of para-hydroxylation sites is 3. The lowest BCUT2D eigenvalue weighted by Gasteiger charge is -2.11. The molecule has 0 aliphatic heterocycles. The summed E-state index contributed by atoms with van der Waals surface area (Å²) < 4.78 is 6.76. The van der Waals surface area contributed by atoms with Crippen molar-refractivity contribution in [2.75, 3.05) is 0 Å². The molecule has 9 aromatic rings. The second-order valence-corrected chi connectivity index (χ2v) is 11.8. The Hall–Kier alpha value is -5.88. The highest BCUT2D eigenvalue weighted by molar-refractivity contribution is 7.26. The van der Waals surface area contributed by atoms with E-state index in [1.807, 2.05) is 24.3 Å². The van der Waals surface area contributed by atoms with Gasteiger partial charge in [-0.25, -0.2) is 0 Å². The van der Waals surface area contributed by atoms with Crippen LogP contribution >= 0.6 is 11.3 Å². The van der Waals surface area contributed by atoms with Crippen molar-refractivity contribution in [3.05, 3.63) is 132 Å². The minimum absolute atomic E-state index is 0.659. The molecule has 0 fully saturated rings. The van der Waals surface area contributed by atoms with Crippen LogP contribution in [0, 0.1) is 22.7 Å². The van der Waals surface area contributed by atoms with E-state index < -0.39 is 0 Å². The first-order valence-electron chi connectivity index (χ1n) is 14.1. The molecule has 0 bridgehead atoms. The summed E-state index contributed by atoms with van der Waals surface area (Å²) in [6.07, 6.45) is 0. The quantitative estimate of drug-likeness (QED) is 0.210. The van der Waals surface area contributed by atoms with Gasteiger partial charge in [-0.15, -0.1) is 11.3 Å². The van der Waals surface area contributed by atoms with E-state index in [1.54, 1.807) is 11.3 Å². The predicted molar refractivity (Wildman–Crippen MR) is 177 cm³/mol. The molecular weight excluding hydrogens is 545 g/mol. The monoisotopic (exact) mass is 564 g/mol. The second-order valence-electron chi connectivity index (χ2n) is 10.8. The van der Waals surface area contributed by atoms with Gasteiger partial charge in [0.05, 0.1) is 37.9 Å². The van der Waals surface area contributed by atoms with Crippen LogP contribution in [0.25, 0.3) is 75.2 Å². The van der Waals surface area contributed by atoms with Crippen molar-refractivity contribution < 1.29 is 0 Å². The van der Waals surface area contributed by atoms with Gasteiger partial charge in [0.1, 0.15) is 12.1 Å². The van der Waals surface area contributed by atoms with Crippen LogP contribution in [0.2, 0.25) is 0 Å². The zero-order chi connectivity index (χ0) is 28.7. The first-order chi connectivity index (χ1) is 21.2. The maximum Gasteiger partial charge on any atom is 0.101 e. The maximum absolute atomic E-state index is 10.0. The molecule has 0 aliphatic carbocycles. The van der Waals surface area contributed by atoms with Gasteiger partial charge >= 0.3 is 0 Å². The number of hydrogen-bond acceptors (Lipinski definition) is 3. The minimum Gasteiger partial charge on any atom is -0.309 e. The van der Waals surface area contributed by atoms with Crippen LogP contribution in [0.5, 0.6) is 0 Å². The third kappa shape index (κ3) is 3.23. The fourth-order valence-electron chi connectivity index (χ4n) is 6.77. The van der Waals surface area contributed by atoms with E-state index in [0.717, 1.165) is 65.1 Å². The molecule has 0 atom stereocenters. The average molecular weight is 565 g/mol. The number of benzene rings is 6. The Kier molecular flexibility index (Phi) is 4.87. The van der Waals surface area contributed by atoms with Gasteiger partial charge in [0.2, 0.25) is 0 Å². The molecule has 6 aromatic carbocycles. The first-order valence-corrected chi connectivity index (χ1v) is 14.9. The fourth-order valence-corrected chi connectivity index (χ4v) is 7.92.